The highest BCUT2D eigenvalue weighted by molar-refractivity contribution is 9.10. The molecular formula is C29H29BrClN9O2. The molecule has 0 saturated carbocycles. The van der Waals surface area contributed by atoms with Crippen molar-refractivity contribution in [3.05, 3.63) is 82.1 Å². The number of carbonyl (C=O) groups is 2. The van der Waals surface area contributed by atoms with Gasteiger partial charge >= 0.3 is 0 Å². The highest BCUT2D eigenvalue weighted by Crippen LogP contribution is 2.28. The molecule has 216 valence electrons. The van der Waals surface area contributed by atoms with E-state index in [1.54, 1.807) is 31.2 Å². The first-order valence-electron chi connectivity index (χ1n) is 13.3. The van der Waals surface area contributed by atoms with E-state index in [-0.39, 0.29) is 11.7 Å². The van der Waals surface area contributed by atoms with E-state index in [2.05, 4.69) is 46.2 Å². The Bertz CT molecular complexity index is 1770. The number of nitrogens with zero attached hydrogens (tertiary/aromatic N) is 9. The van der Waals surface area contributed by atoms with Crippen molar-refractivity contribution in [2.75, 3.05) is 0 Å². The third-order valence-corrected chi connectivity index (χ3v) is 7.59. The molecule has 6 heterocycles. The van der Waals surface area contributed by atoms with Gasteiger partial charge in [0.1, 0.15) is 17.2 Å². The second-order valence-corrected chi connectivity index (χ2v) is 11.2. The van der Waals surface area contributed by atoms with Gasteiger partial charge in [-0.15, -0.1) is 5.10 Å². The molecule has 0 amide bonds. The molecule has 11 nitrogen and oxygen atoms in total. The van der Waals surface area contributed by atoms with Crippen LogP contribution in [0.25, 0.3) is 22.5 Å². The van der Waals surface area contributed by atoms with Crippen molar-refractivity contribution in [3.8, 4) is 22.5 Å². The van der Waals surface area contributed by atoms with Gasteiger partial charge in [0.05, 0.1) is 29.3 Å². The molecule has 13 heteroatoms. The molecule has 0 aliphatic carbocycles. The summed E-state index contributed by atoms with van der Waals surface area (Å²) < 4.78 is 5.63. The molecule has 1 unspecified atom stereocenters. The van der Waals surface area contributed by atoms with Gasteiger partial charge in [0, 0.05) is 50.4 Å². The molecular weight excluding hydrogens is 622 g/mol. The second kappa shape index (κ2) is 12.5. The number of hydrogen-bond acceptors (Lipinski definition) is 8. The first kappa shape index (κ1) is 29.5. The Kier molecular flexibility index (Phi) is 8.74. The normalized spacial score (nSPS) is 14.2. The summed E-state index contributed by atoms with van der Waals surface area (Å²) in [4.78, 5) is 37.6. The number of carbonyl (C=O) groups excluding carboxylic acids is 2. The van der Waals surface area contributed by atoms with Crippen molar-refractivity contribution >= 4 is 38.6 Å². The van der Waals surface area contributed by atoms with Gasteiger partial charge in [0.2, 0.25) is 4.73 Å². The third-order valence-electron chi connectivity index (χ3n) is 7.07. The fourth-order valence-electron chi connectivity index (χ4n) is 5.07. The van der Waals surface area contributed by atoms with E-state index in [0.29, 0.717) is 33.8 Å². The number of rotatable bonds is 6. The maximum Gasteiger partial charge on any atom is 0.271 e. The molecule has 1 atom stereocenters. The van der Waals surface area contributed by atoms with Gasteiger partial charge in [-0.2, -0.15) is 10.2 Å². The number of fused-ring (bicyclic) bond motifs is 1. The van der Waals surface area contributed by atoms with Crippen LogP contribution in [0.5, 0.6) is 0 Å². The molecule has 42 heavy (non-hydrogen) atoms. The van der Waals surface area contributed by atoms with Gasteiger partial charge in [-0.1, -0.05) is 12.1 Å². The lowest BCUT2D eigenvalue weighted by Crippen LogP contribution is -2.23. The molecule has 0 saturated heterocycles. The van der Waals surface area contributed by atoms with Crippen LogP contribution in [0, 0.1) is 19.8 Å². The van der Waals surface area contributed by atoms with Crippen molar-refractivity contribution in [2.45, 2.75) is 39.7 Å². The van der Waals surface area contributed by atoms with Crippen LogP contribution in [-0.2, 0) is 27.1 Å². The highest BCUT2D eigenvalue weighted by Gasteiger charge is 2.27. The van der Waals surface area contributed by atoms with E-state index in [4.69, 9.17) is 11.6 Å². The van der Waals surface area contributed by atoms with Crippen LogP contribution in [0.2, 0.25) is 0 Å². The summed E-state index contributed by atoms with van der Waals surface area (Å²) in [6.45, 7) is 4.63. The Morgan fingerprint density at radius 3 is 2.05 bits per heavy atom. The minimum Gasteiger partial charge on any atom is -0.292 e. The molecule has 0 aromatic carbocycles. The lowest BCUT2D eigenvalue weighted by atomic mass is 9.91. The summed E-state index contributed by atoms with van der Waals surface area (Å²) >= 11 is 8.83. The standard InChI is InChI=1S/C18H19BrN6O.C11H10ClN3O/c1-11-4-3-5-14(21-11)13-10-20-24(2)17(13)15(26)8-12-6-7-25-16(9-12)22-18(19)23-25;1-7-4-3-5-9(14-7)8-6-13-15(2)10(8)11(12)16/h3-5,10,12H,6-9H2,1-2H3;3-6H,1-2H3. The van der Waals surface area contributed by atoms with Gasteiger partial charge in [0.15, 0.2) is 5.78 Å². The quantitative estimate of drug-likeness (QED) is 0.183. The average molecular weight is 651 g/mol. The van der Waals surface area contributed by atoms with Crippen LogP contribution in [-0.4, -0.2) is 55.3 Å². The number of hydrogen-bond donors (Lipinski definition) is 0. The van der Waals surface area contributed by atoms with Crippen LogP contribution in [0.1, 0.15) is 51.0 Å². The predicted octanol–water partition coefficient (Wildman–Crippen LogP) is 5.15. The topological polar surface area (TPSA) is 126 Å². The van der Waals surface area contributed by atoms with Crippen molar-refractivity contribution < 1.29 is 9.59 Å². The minimum absolute atomic E-state index is 0.0975. The van der Waals surface area contributed by atoms with Crippen LogP contribution in [0.15, 0.2) is 53.5 Å². The third kappa shape index (κ3) is 6.39. The molecule has 5 aromatic heterocycles. The Hall–Kier alpha value is -4.03. The fourth-order valence-corrected chi connectivity index (χ4v) is 5.69. The van der Waals surface area contributed by atoms with Crippen molar-refractivity contribution in [2.24, 2.45) is 20.0 Å². The van der Waals surface area contributed by atoms with E-state index < -0.39 is 5.24 Å². The average Bonchev–Trinajstić information content (AvgIpc) is 3.64. The summed E-state index contributed by atoms with van der Waals surface area (Å²) in [5.74, 6) is 1.30. The molecule has 0 fully saturated rings. The first-order valence-corrected chi connectivity index (χ1v) is 14.5. The van der Waals surface area contributed by atoms with Gasteiger partial charge in [-0.3, -0.25) is 28.9 Å². The molecule has 1 aliphatic rings. The number of Topliss-reactive ketones (excluding diaryl/α,β-unsaturated/α-hetero) is 1. The number of ketones is 1. The molecule has 5 aromatic rings. The van der Waals surface area contributed by atoms with E-state index in [9.17, 15) is 9.59 Å². The van der Waals surface area contributed by atoms with Crippen LogP contribution in [0.3, 0.4) is 0 Å². The molecule has 6 rings (SSSR count). The summed E-state index contributed by atoms with van der Waals surface area (Å²) in [7, 11) is 3.48. The van der Waals surface area contributed by atoms with Crippen molar-refractivity contribution in [1.82, 2.24) is 44.3 Å². The maximum atomic E-state index is 13.1. The van der Waals surface area contributed by atoms with Gasteiger partial charge in [0.25, 0.3) is 5.24 Å². The number of aryl methyl sites for hydroxylation is 5. The van der Waals surface area contributed by atoms with Crippen molar-refractivity contribution in [3.63, 3.8) is 0 Å². The molecule has 0 bridgehead atoms. The van der Waals surface area contributed by atoms with E-state index >= 15 is 0 Å². The molecule has 0 spiro atoms. The zero-order chi connectivity index (χ0) is 30.0. The van der Waals surface area contributed by atoms with Crippen LogP contribution >= 0.6 is 27.5 Å². The second-order valence-electron chi connectivity index (χ2n) is 10.2. The molecule has 1 aliphatic heterocycles. The lowest BCUT2D eigenvalue weighted by molar-refractivity contribution is 0.0943. The fraction of sp³-hybridized carbons (Fsp3) is 0.310. The molecule has 0 N–H and O–H groups in total. The SMILES string of the molecule is Cc1cccc(-c2cnn(C)c2C(=O)CC2CCn3nc(Br)nc3C2)n1.Cc1cccc(-c2cnn(C)c2C(=O)Cl)n1. The first-order chi connectivity index (χ1) is 20.1. The highest BCUT2D eigenvalue weighted by atomic mass is 79.9. The Morgan fingerprint density at radius 1 is 0.905 bits per heavy atom. The van der Waals surface area contributed by atoms with E-state index in [1.807, 2.05) is 54.9 Å². The van der Waals surface area contributed by atoms with E-state index in [0.717, 1.165) is 47.9 Å². The summed E-state index contributed by atoms with van der Waals surface area (Å²) in [6.07, 6.45) is 5.48. The van der Waals surface area contributed by atoms with Gasteiger partial charge < -0.3 is 0 Å². The summed E-state index contributed by atoms with van der Waals surface area (Å²) in [5, 5.41) is 12.1. The maximum absolute atomic E-state index is 13.1. The number of pyridine rings is 2. The smallest absolute Gasteiger partial charge is 0.271 e. The zero-order valence-corrected chi connectivity index (χ0v) is 26.0. The van der Waals surface area contributed by atoms with Crippen LogP contribution < -0.4 is 0 Å². The summed E-state index contributed by atoms with van der Waals surface area (Å²) in [5.41, 5.74) is 5.73. The van der Waals surface area contributed by atoms with E-state index in [1.165, 1.54) is 4.68 Å². The van der Waals surface area contributed by atoms with Crippen LogP contribution in [0.4, 0.5) is 0 Å². The van der Waals surface area contributed by atoms with Crippen molar-refractivity contribution in [1.29, 1.82) is 0 Å². The number of halogens is 2. The predicted molar refractivity (Wildman–Crippen MR) is 161 cm³/mol. The number of aromatic nitrogens is 9. The van der Waals surface area contributed by atoms with Gasteiger partial charge in [-0.25, -0.2) is 9.67 Å². The minimum atomic E-state index is -0.529. The lowest BCUT2D eigenvalue weighted by Gasteiger charge is -2.21. The monoisotopic (exact) mass is 649 g/mol. The Labute approximate surface area is 256 Å². The Morgan fingerprint density at radius 2 is 1.48 bits per heavy atom. The Balaban J connectivity index is 0.000000189. The summed E-state index contributed by atoms with van der Waals surface area (Å²) in [6, 6.07) is 11.4. The largest absolute Gasteiger partial charge is 0.292 e. The van der Waals surface area contributed by atoms with Gasteiger partial charge in [-0.05, 0) is 78.0 Å². The zero-order valence-electron chi connectivity index (χ0n) is 23.6. The molecule has 0 radical (unpaired) electrons.